The Labute approximate surface area is 127 Å². The third-order valence-corrected chi connectivity index (χ3v) is 4.20. The highest BCUT2D eigenvalue weighted by Gasteiger charge is 2.32. The lowest BCUT2D eigenvalue weighted by Crippen LogP contribution is -2.41. The molecule has 2 rings (SSSR count). The number of nitrogens with two attached hydrogens (primary N) is 1. The molecule has 0 bridgehead atoms. The molecular weight excluding hydrogens is 272 g/mol. The predicted molar refractivity (Wildman–Crippen MR) is 84.8 cm³/mol. The largest absolute Gasteiger partial charge is 0.338 e. The Bertz CT molecular complexity index is 450. The number of amides is 1. The number of carbonyl (C=O) groups is 1. The molecule has 1 aliphatic carbocycles. The monoisotopic (exact) mass is 296 g/mol. The first-order valence-corrected chi connectivity index (χ1v) is 7.22. The van der Waals surface area contributed by atoms with E-state index >= 15 is 0 Å². The van der Waals surface area contributed by atoms with Crippen LogP contribution in [0.15, 0.2) is 24.3 Å². The van der Waals surface area contributed by atoms with E-state index in [9.17, 15) is 4.79 Å². The van der Waals surface area contributed by atoms with Gasteiger partial charge in [-0.25, -0.2) is 0 Å². The van der Waals surface area contributed by atoms with Gasteiger partial charge in [-0.15, -0.1) is 12.4 Å². The first kappa shape index (κ1) is 17.0. The van der Waals surface area contributed by atoms with Crippen LogP contribution in [0.4, 0.5) is 0 Å². The van der Waals surface area contributed by atoms with E-state index in [1.54, 1.807) is 0 Å². The van der Waals surface area contributed by atoms with Gasteiger partial charge in [0.15, 0.2) is 0 Å². The third-order valence-electron chi connectivity index (χ3n) is 4.20. The van der Waals surface area contributed by atoms with Gasteiger partial charge >= 0.3 is 0 Å². The second kappa shape index (κ2) is 7.65. The van der Waals surface area contributed by atoms with Gasteiger partial charge in [-0.3, -0.25) is 4.79 Å². The van der Waals surface area contributed by atoms with E-state index < -0.39 is 0 Å². The average molecular weight is 297 g/mol. The molecule has 1 aromatic rings. The van der Waals surface area contributed by atoms with Crippen molar-refractivity contribution in [3.05, 3.63) is 35.4 Å². The minimum absolute atomic E-state index is 0. The zero-order chi connectivity index (χ0) is 13.8. The third kappa shape index (κ3) is 3.74. The average Bonchev–Trinajstić information content (AvgIpc) is 2.83. The van der Waals surface area contributed by atoms with Gasteiger partial charge < -0.3 is 10.6 Å². The van der Waals surface area contributed by atoms with Crippen molar-refractivity contribution in [2.24, 2.45) is 11.7 Å². The van der Waals surface area contributed by atoms with E-state index in [1.165, 1.54) is 11.1 Å². The molecule has 0 heterocycles. The van der Waals surface area contributed by atoms with Crippen molar-refractivity contribution in [2.75, 3.05) is 6.54 Å². The molecule has 2 unspecified atom stereocenters. The molecule has 1 amide bonds. The number of carbonyl (C=O) groups excluding carboxylic acids is 1. The second-order valence-electron chi connectivity index (χ2n) is 5.48. The van der Waals surface area contributed by atoms with E-state index in [0.717, 1.165) is 25.8 Å². The van der Waals surface area contributed by atoms with Crippen molar-refractivity contribution >= 4 is 18.3 Å². The fraction of sp³-hybridized carbons (Fsp3) is 0.562. The number of hydrogen-bond acceptors (Lipinski definition) is 2. The lowest BCUT2D eigenvalue weighted by atomic mass is 10.0. The van der Waals surface area contributed by atoms with Crippen LogP contribution in [0.1, 0.15) is 37.3 Å². The van der Waals surface area contributed by atoms with Gasteiger partial charge in [-0.2, -0.15) is 0 Å². The number of rotatable bonds is 4. The smallest absolute Gasteiger partial charge is 0.227 e. The number of halogens is 1. The maximum atomic E-state index is 12.5. The molecule has 20 heavy (non-hydrogen) atoms. The van der Waals surface area contributed by atoms with Crippen LogP contribution in [0.3, 0.4) is 0 Å². The van der Waals surface area contributed by atoms with Crippen molar-refractivity contribution in [1.82, 2.24) is 4.90 Å². The molecule has 1 fully saturated rings. The Morgan fingerprint density at radius 1 is 1.35 bits per heavy atom. The Morgan fingerprint density at radius 2 is 2.05 bits per heavy atom. The van der Waals surface area contributed by atoms with Crippen molar-refractivity contribution in [3.8, 4) is 0 Å². The highest BCUT2D eigenvalue weighted by Crippen LogP contribution is 2.26. The molecule has 1 aliphatic rings. The fourth-order valence-electron chi connectivity index (χ4n) is 2.87. The van der Waals surface area contributed by atoms with Gasteiger partial charge in [0.05, 0.1) is 5.92 Å². The Morgan fingerprint density at radius 3 is 2.60 bits per heavy atom. The molecule has 1 saturated carbocycles. The molecule has 4 heteroatoms. The maximum Gasteiger partial charge on any atom is 0.227 e. The summed E-state index contributed by atoms with van der Waals surface area (Å²) in [6, 6.07) is 8.30. The summed E-state index contributed by atoms with van der Waals surface area (Å²) in [6.45, 7) is 5.58. The standard InChI is InChI=1S/C16H24N2O.ClH/c1-3-18(11-13-8-5-4-7-12(13)2)16(19)14-9-6-10-15(14)17;/h4-5,7-8,14-15H,3,6,9-11,17H2,1-2H3;1H. The van der Waals surface area contributed by atoms with Crippen LogP contribution in [0.5, 0.6) is 0 Å². The molecule has 112 valence electrons. The van der Waals surface area contributed by atoms with Crippen LogP contribution in [-0.4, -0.2) is 23.4 Å². The van der Waals surface area contributed by atoms with E-state index in [-0.39, 0.29) is 30.3 Å². The van der Waals surface area contributed by atoms with Crippen molar-refractivity contribution in [3.63, 3.8) is 0 Å². The highest BCUT2D eigenvalue weighted by molar-refractivity contribution is 5.85. The molecule has 1 aromatic carbocycles. The summed E-state index contributed by atoms with van der Waals surface area (Å²) in [6.07, 6.45) is 3.02. The van der Waals surface area contributed by atoms with Crippen LogP contribution >= 0.6 is 12.4 Å². The van der Waals surface area contributed by atoms with Gasteiger partial charge in [0.25, 0.3) is 0 Å². The summed E-state index contributed by atoms with van der Waals surface area (Å²) in [5, 5.41) is 0. The molecule has 0 spiro atoms. The molecule has 2 N–H and O–H groups in total. The number of benzene rings is 1. The van der Waals surface area contributed by atoms with E-state index in [0.29, 0.717) is 6.54 Å². The summed E-state index contributed by atoms with van der Waals surface area (Å²) in [4.78, 5) is 14.5. The normalized spacial score (nSPS) is 21.4. The molecule has 0 radical (unpaired) electrons. The minimum atomic E-state index is 0. The quantitative estimate of drug-likeness (QED) is 0.928. The molecule has 0 saturated heterocycles. The summed E-state index contributed by atoms with van der Waals surface area (Å²) in [5.41, 5.74) is 8.51. The predicted octanol–water partition coefficient (Wildman–Crippen LogP) is 2.89. The minimum Gasteiger partial charge on any atom is -0.338 e. The first-order chi connectivity index (χ1) is 9.13. The van der Waals surface area contributed by atoms with Crippen LogP contribution < -0.4 is 5.73 Å². The first-order valence-electron chi connectivity index (χ1n) is 7.22. The fourth-order valence-corrected chi connectivity index (χ4v) is 2.87. The van der Waals surface area contributed by atoms with Crippen molar-refractivity contribution in [1.29, 1.82) is 0 Å². The van der Waals surface area contributed by atoms with E-state index in [2.05, 4.69) is 19.1 Å². The molecule has 0 aliphatic heterocycles. The van der Waals surface area contributed by atoms with Gasteiger partial charge in [0, 0.05) is 19.1 Å². The van der Waals surface area contributed by atoms with Crippen molar-refractivity contribution < 1.29 is 4.79 Å². The summed E-state index contributed by atoms with van der Waals surface area (Å²) >= 11 is 0. The molecular formula is C16H25ClN2O. The lowest BCUT2D eigenvalue weighted by molar-refractivity contribution is -0.136. The number of nitrogens with zero attached hydrogens (tertiary/aromatic N) is 1. The van der Waals surface area contributed by atoms with Gasteiger partial charge in [0.1, 0.15) is 0 Å². The lowest BCUT2D eigenvalue weighted by Gasteiger charge is -2.26. The highest BCUT2D eigenvalue weighted by atomic mass is 35.5. The molecule has 0 aromatic heterocycles. The Balaban J connectivity index is 0.00000200. The van der Waals surface area contributed by atoms with Crippen molar-refractivity contribution in [2.45, 2.75) is 45.7 Å². The topological polar surface area (TPSA) is 46.3 Å². The van der Waals surface area contributed by atoms with Crippen LogP contribution in [0.25, 0.3) is 0 Å². The van der Waals surface area contributed by atoms with Crippen LogP contribution in [-0.2, 0) is 11.3 Å². The van der Waals surface area contributed by atoms with Crippen LogP contribution in [0, 0.1) is 12.8 Å². The Hall–Kier alpha value is -1.06. The van der Waals surface area contributed by atoms with E-state index in [1.807, 2.05) is 24.0 Å². The van der Waals surface area contributed by atoms with Gasteiger partial charge in [-0.1, -0.05) is 30.7 Å². The summed E-state index contributed by atoms with van der Waals surface area (Å²) < 4.78 is 0. The summed E-state index contributed by atoms with van der Waals surface area (Å²) in [7, 11) is 0. The van der Waals surface area contributed by atoms with Gasteiger partial charge in [0.2, 0.25) is 5.91 Å². The zero-order valence-electron chi connectivity index (χ0n) is 12.3. The summed E-state index contributed by atoms with van der Waals surface area (Å²) in [5.74, 6) is 0.264. The number of hydrogen-bond donors (Lipinski definition) is 1. The van der Waals surface area contributed by atoms with Crippen LogP contribution in [0.2, 0.25) is 0 Å². The Kier molecular flexibility index (Phi) is 6.50. The van der Waals surface area contributed by atoms with E-state index in [4.69, 9.17) is 5.73 Å². The maximum absolute atomic E-state index is 12.5. The SMILES string of the molecule is CCN(Cc1ccccc1C)C(=O)C1CCCC1N.Cl. The molecule has 3 nitrogen and oxygen atoms in total. The second-order valence-corrected chi connectivity index (χ2v) is 5.48. The number of aryl methyl sites for hydroxylation is 1. The molecule has 2 atom stereocenters. The van der Waals surface area contributed by atoms with Gasteiger partial charge in [-0.05, 0) is 37.8 Å². The zero-order valence-corrected chi connectivity index (χ0v) is 13.2.